The molecule has 8 heteroatoms. The average molecular weight is 164 g/mol. The molecule has 0 unspecified atom stereocenters. The van der Waals surface area contributed by atoms with Crippen LogP contribution in [-0.4, -0.2) is 5.48 Å². The molecule has 0 radical (unpaired) electrons. The molecule has 0 fully saturated rings. The summed E-state index contributed by atoms with van der Waals surface area (Å²) in [6, 6.07) is 0. The maximum absolute atomic E-state index is 9.84. The topological polar surface area (TPSA) is 31.5 Å². The maximum atomic E-state index is 9.84. The fraction of sp³-hybridized carbons (Fsp3) is 0. The minimum atomic E-state index is -8.55. The summed E-state index contributed by atoms with van der Waals surface area (Å²) in [5.74, 6) is 0. The molecule has 0 aliphatic carbocycles. The molecule has 2 N–H and O–H groups in total. The second-order valence-corrected chi connectivity index (χ2v) is 1.92. The molecule has 0 aliphatic heterocycles. The number of rotatable bonds is 0. The maximum Gasteiger partial charge on any atom is 1.00 e. The number of hydrogen-bond donors (Lipinski definition) is 0. The molecule has 0 aromatic rings. The van der Waals surface area contributed by atoms with Crippen LogP contribution in [0.2, 0.25) is 0 Å². The summed E-state index contributed by atoms with van der Waals surface area (Å²) >= 11 is 0. The van der Waals surface area contributed by atoms with E-state index in [1.165, 1.54) is 0 Å². The molecule has 1 nitrogen and oxygen atoms in total. The van der Waals surface area contributed by atoms with Gasteiger partial charge in [0.2, 0.25) is 0 Å². The summed E-state index contributed by atoms with van der Waals surface area (Å²) < 4.78 is 49.2. The van der Waals surface area contributed by atoms with Crippen molar-refractivity contribution in [2.45, 2.75) is 0 Å². The quantitative estimate of drug-likeness (QED) is 0.333. The Morgan fingerprint density at radius 2 is 0.875 bits per heavy atom. The Bertz CT molecular complexity index is 46.2. The first-order valence-electron chi connectivity index (χ1n) is 0.845. The van der Waals surface area contributed by atoms with Gasteiger partial charge in [0.15, 0.2) is 0 Å². The van der Waals surface area contributed by atoms with Crippen molar-refractivity contribution in [3.8, 4) is 0 Å². The van der Waals surface area contributed by atoms with Gasteiger partial charge in [-0.3, -0.25) is 0 Å². The van der Waals surface area contributed by atoms with Gasteiger partial charge in [-0.15, -0.1) is 0 Å². The summed E-state index contributed by atoms with van der Waals surface area (Å²) in [5.41, 5.74) is 0. The standard InChI is InChI=1S/F5P.FH.H2O/c1-6(2,3,4)5;;/h;1H;1H2. The van der Waals surface area contributed by atoms with Crippen molar-refractivity contribution in [2.75, 3.05) is 0 Å². The predicted molar refractivity (Wildman–Crippen MR) is 17.2 cm³/mol. The zero-order valence-electron chi connectivity index (χ0n) is 4.22. The zero-order valence-corrected chi connectivity index (χ0v) is 4.11. The third-order valence-corrected chi connectivity index (χ3v) is 0. The Morgan fingerprint density at radius 1 is 0.875 bits per heavy atom. The van der Waals surface area contributed by atoms with E-state index in [0.717, 1.165) is 0 Å². The fourth-order valence-electron chi connectivity index (χ4n) is 0. The molecule has 0 aromatic carbocycles. The van der Waals surface area contributed by atoms with Gasteiger partial charge in [-0.2, -0.15) is 0 Å². The van der Waals surface area contributed by atoms with E-state index < -0.39 is 8.16 Å². The van der Waals surface area contributed by atoms with Crippen LogP contribution in [0.4, 0.5) is 21.0 Å². The van der Waals surface area contributed by atoms with E-state index in [1.807, 2.05) is 0 Å². The number of halogens is 6. The van der Waals surface area contributed by atoms with Crippen molar-refractivity contribution in [1.82, 2.24) is 0 Å². The second-order valence-electron chi connectivity index (χ2n) is 0.639. The van der Waals surface area contributed by atoms with E-state index in [-0.39, 0.29) is 11.6 Å². The summed E-state index contributed by atoms with van der Waals surface area (Å²) in [6.45, 7) is 0. The van der Waals surface area contributed by atoms with Gasteiger partial charge in [-0.25, -0.2) is 0 Å². The molecule has 0 rings (SSSR count). The average Bonchev–Trinajstić information content (AvgIpc) is 0.650. The summed E-state index contributed by atoms with van der Waals surface area (Å²) in [4.78, 5) is 0. The van der Waals surface area contributed by atoms with Crippen molar-refractivity contribution in [3.05, 3.63) is 0 Å². The SMILES string of the molecule is FP(F)(F)(F)F.O.[F-].[H+]. The van der Waals surface area contributed by atoms with Crippen LogP contribution in [0.5, 0.6) is 0 Å². The predicted octanol–water partition coefficient (Wildman–Crippen LogP) is -0.746. The van der Waals surface area contributed by atoms with Gasteiger partial charge in [0.05, 0.1) is 0 Å². The Balaban J connectivity index is -0.0000000417. The molecule has 0 saturated carbocycles. The monoisotopic (exact) mass is 164 g/mol. The van der Waals surface area contributed by atoms with Crippen molar-refractivity contribution in [3.63, 3.8) is 0 Å². The molecule has 8 heavy (non-hydrogen) atoms. The molecule has 0 saturated heterocycles. The van der Waals surface area contributed by atoms with E-state index in [4.69, 9.17) is 0 Å². The van der Waals surface area contributed by atoms with Crippen LogP contribution < -0.4 is 4.70 Å². The smallest absolute Gasteiger partial charge is 1.00 e. The van der Waals surface area contributed by atoms with Gasteiger partial charge < -0.3 is 10.2 Å². The normalized spacial score (nSPS) is 14.4. The summed E-state index contributed by atoms with van der Waals surface area (Å²) in [7, 11) is -8.55. The van der Waals surface area contributed by atoms with Gasteiger partial charge in [0.25, 0.3) is 0 Å². The Morgan fingerprint density at radius 3 is 0.875 bits per heavy atom. The van der Waals surface area contributed by atoms with Crippen molar-refractivity contribution in [1.29, 1.82) is 0 Å². The summed E-state index contributed by atoms with van der Waals surface area (Å²) in [6.07, 6.45) is 0. The molecule has 0 amide bonds. The first kappa shape index (κ1) is 15.7. The van der Waals surface area contributed by atoms with E-state index in [2.05, 4.69) is 0 Å². The van der Waals surface area contributed by atoms with Gasteiger partial charge in [0.1, 0.15) is 0 Å². The van der Waals surface area contributed by atoms with Gasteiger partial charge >= 0.3 is 30.6 Å². The molecule has 56 valence electrons. The van der Waals surface area contributed by atoms with Crippen LogP contribution >= 0.6 is 8.16 Å². The molecule has 0 heterocycles. The zero-order chi connectivity index (χ0) is 5.45. The Hall–Kier alpha value is -0.0300. The van der Waals surface area contributed by atoms with Crippen LogP contribution in [-0.2, 0) is 0 Å². The molecule has 0 atom stereocenters. The van der Waals surface area contributed by atoms with E-state index in [9.17, 15) is 21.0 Å². The Kier molecular flexibility index (Phi) is 4.90. The van der Waals surface area contributed by atoms with Crippen LogP contribution in [0.1, 0.15) is 1.43 Å². The molecule has 0 bridgehead atoms. The minimum absolute atomic E-state index is 0. The van der Waals surface area contributed by atoms with Gasteiger partial charge in [-0.1, -0.05) is 0 Å². The first-order chi connectivity index (χ1) is 2.24. The largest absolute Gasteiger partial charge is 1.00 e. The van der Waals surface area contributed by atoms with E-state index in [1.54, 1.807) is 0 Å². The number of hydrogen-bond acceptors (Lipinski definition) is 0. The van der Waals surface area contributed by atoms with Crippen LogP contribution in [0.3, 0.4) is 0 Å². The van der Waals surface area contributed by atoms with Crippen molar-refractivity contribution >= 4 is 8.16 Å². The molecule has 0 spiro atoms. The molecular weight excluding hydrogens is 161 g/mol. The minimum Gasteiger partial charge on any atom is -1.00 e. The Labute approximate surface area is 42.2 Å². The van der Waals surface area contributed by atoms with Crippen molar-refractivity contribution < 1.29 is 32.6 Å². The van der Waals surface area contributed by atoms with Crippen LogP contribution in [0.25, 0.3) is 0 Å². The fourth-order valence-corrected chi connectivity index (χ4v) is 0. The van der Waals surface area contributed by atoms with Crippen LogP contribution in [0, 0.1) is 0 Å². The third-order valence-electron chi connectivity index (χ3n) is 0. The van der Waals surface area contributed by atoms with Crippen LogP contribution in [0.15, 0.2) is 0 Å². The van der Waals surface area contributed by atoms with Gasteiger partial charge in [-0.05, 0) is 0 Å². The molecule has 0 aromatic heterocycles. The second kappa shape index (κ2) is 2.50. The van der Waals surface area contributed by atoms with Crippen molar-refractivity contribution in [2.24, 2.45) is 0 Å². The first-order valence-corrected chi connectivity index (χ1v) is 2.54. The van der Waals surface area contributed by atoms with E-state index >= 15 is 0 Å². The van der Waals surface area contributed by atoms with Gasteiger partial charge in [0, 0.05) is 0 Å². The molecule has 0 aliphatic rings. The third kappa shape index (κ3) is 164000. The van der Waals surface area contributed by atoms with E-state index in [0.29, 0.717) is 0 Å². The molecular formula is H3F6OP. The summed E-state index contributed by atoms with van der Waals surface area (Å²) in [5, 5.41) is 0.